The van der Waals surface area contributed by atoms with Crippen LogP contribution in [0.2, 0.25) is 0 Å². The minimum atomic E-state index is -3.70. The second kappa shape index (κ2) is 8.25. The Bertz CT molecular complexity index is 783. The van der Waals surface area contributed by atoms with E-state index in [1.807, 2.05) is 6.92 Å². The second-order valence-corrected chi connectivity index (χ2v) is 7.96. The van der Waals surface area contributed by atoms with Gasteiger partial charge >= 0.3 is 0 Å². The molecule has 2 N–H and O–H groups in total. The maximum Gasteiger partial charge on any atom is 0.270 e. The molecule has 0 unspecified atom stereocenters. The Morgan fingerprint density at radius 3 is 2.58 bits per heavy atom. The van der Waals surface area contributed by atoms with Crippen LogP contribution in [0, 0.1) is 6.92 Å². The molecule has 8 heteroatoms. The van der Waals surface area contributed by atoms with Crippen molar-refractivity contribution in [1.29, 1.82) is 0 Å². The van der Waals surface area contributed by atoms with Crippen LogP contribution < -0.4 is 10.0 Å². The molecule has 2 rings (SSSR count). The standard InChI is InChI=1S/C16H21N3O3S2/c1-3-4-5-10-17-15(20)14-11-23-16(18-14)19-24(21,22)13-8-6-12(2)7-9-13/h6-9,11H,3-5,10H2,1-2H3,(H,17,20)(H,18,19). The number of carbonyl (C=O) groups is 1. The molecule has 0 aliphatic carbocycles. The van der Waals surface area contributed by atoms with E-state index in [0.29, 0.717) is 6.54 Å². The zero-order chi connectivity index (χ0) is 17.6. The molecular formula is C16H21N3O3S2. The van der Waals surface area contributed by atoms with Gasteiger partial charge in [0.15, 0.2) is 5.13 Å². The number of benzene rings is 1. The first-order valence-electron chi connectivity index (χ1n) is 7.75. The SMILES string of the molecule is CCCCCNC(=O)c1csc(NS(=O)(=O)c2ccc(C)cc2)n1. The highest BCUT2D eigenvalue weighted by molar-refractivity contribution is 7.93. The van der Waals surface area contributed by atoms with Gasteiger partial charge < -0.3 is 5.32 Å². The van der Waals surface area contributed by atoms with E-state index in [1.54, 1.807) is 17.5 Å². The summed E-state index contributed by atoms with van der Waals surface area (Å²) in [5.41, 5.74) is 1.20. The summed E-state index contributed by atoms with van der Waals surface area (Å²) in [4.78, 5) is 16.2. The van der Waals surface area contributed by atoms with E-state index in [-0.39, 0.29) is 21.6 Å². The third-order valence-electron chi connectivity index (χ3n) is 3.36. The number of anilines is 1. The number of amides is 1. The number of aromatic nitrogens is 1. The third-order valence-corrected chi connectivity index (χ3v) is 5.60. The molecule has 1 aromatic carbocycles. The summed E-state index contributed by atoms with van der Waals surface area (Å²) in [5, 5.41) is 4.49. The fourth-order valence-electron chi connectivity index (χ4n) is 1.98. The van der Waals surface area contributed by atoms with Gasteiger partial charge in [0, 0.05) is 11.9 Å². The predicted molar refractivity (Wildman–Crippen MR) is 96.0 cm³/mol. The second-order valence-electron chi connectivity index (χ2n) is 5.42. The first-order chi connectivity index (χ1) is 11.4. The fraction of sp³-hybridized carbons (Fsp3) is 0.375. The number of thiazole rings is 1. The lowest BCUT2D eigenvalue weighted by Crippen LogP contribution is -2.24. The highest BCUT2D eigenvalue weighted by Crippen LogP contribution is 2.20. The number of sulfonamides is 1. The number of carbonyl (C=O) groups excluding carboxylic acids is 1. The first kappa shape index (κ1) is 18.4. The molecule has 6 nitrogen and oxygen atoms in total. The lowest BCUT2D eigenvalue weighted by Gasteiger charge is -2.05. The Balaban J connectivity index is 2.00. The van der Waals surface area contributed by atoms with Crippen LogP contribution in [0.5, 0.6) is 0 Å². The summed E-state index contributed by atoms with van der Waals surface area (Å²) in [5.74, 6) is -0.289. The highest BCUT2D eigenvalue weighted by Gasteiger charge is 2.17. The summed E-state index contributed by atoms with van der Waals surface area (Å²) in [6.07, 6.45) is 3.05. The van der Waals surface area contributed by atoms with Crippen LogP contribution in [0.3, 0.4) is 0 Å². The Hall–Kier alpha value is -1.93. The molecular weight excluding hydrogens is 346 g/mol. The molecule has 0 radical (unpaired) electrons. The lowest BCUT2D eigenvalue weighted by molar-refractivity contribution is 0.0948. The molecule has 1 amide bonds. The molecule has 0 aliphatic heterocycles. The van der Waals surface area contributed by atoms with Gasteiger partial charge in [0.1, 0.15) is 5.69 Å². The van der Waals surface area contributed by atoms with E-state index >= 15 is 0 Å². The molecule has 0 aliphatic rings. The smallest absolute Gasteiger partial charge is 0.270 e. The van der Waals surface area contributed by atoms with Crippen LogP contribution in [-0.4, -0.2) is 25.9 Å². The molecule has 0 spiro atoms. The number of rotatable bonds is 8. The van der Waals surface area contributed by atoms with Gasteiger partial charge in [-0.2, -0.15) is 0 Å². The van der Waals surface area contributed by atoms with Gasteiger partial charge in [0.25, 0.3) is 15.9 Å². The predicted octanol–water partition coefficient (Wildman–Crippen LogP) is 3.17. The zero-order valence-corrected chi connectivity index (χ0v) is 15.3. The topological polar surface area (TPSA) is 88.2 Å². The van der Waals surface area contributed by atoms with Gasteiger partial charge in [-0.15, -0.1) is 11.3 Å². The van der Waals surface area contributed by atoms with Crippen LogP contribution in [0.15, 0.2) is 34.5 Å². The van der Waals surface area contributed by atoms with Gasteiger partial charge in [-0.1, -0.05) is 37.5 Å². The van der Waals surface area contributed by atoms with Crippen molar-refractivity contribution in [3.05, 3.63) is 40.9 Å². The number of nitrogens with one attached hydrogen (secondary N) is 2. The van der Waals surface area contributed by atoms with Crippen molar-refractivity contribution in [3.8, 4) is 0 Å². The first-order valence-corrected chi connectivity index (χ1v) is 10.1. The van der Waals surface area contributed by atoms with Crippen LogP contribution in [0.1, 0.15) is 42.2 Å². The van der Waals surface area contributed by atoms with E-state index in [2.05, 4.69) is 21.9 Å². The minimum absolute atomic E-state index is 0.161. The van der Waals surface area contributed by atoms with Gasteiger partial charge in [-0.05, 0) is 25.5 Å². The molecule has 130 valence electrons. The van der Waals surface area contributed by atoms with E-state index in [9.17, 15) is 13.2 Å². The fourth-order valence-corrected chi connectivity index (χ4v) is 3.93. The Morgan fingerprint density at radius 2 is 1.92 bits per heavy atom. The molecule has 0 fully saturated rings. The summed E-state index contributed by atoms with van der Waals surface area (Å²) in [7, 11) is -3.70. The lowest BCUT2D eigenvalue weighted by atomic mass is 10.2. The maximum absolute atomic E-state index is 12.3. The average molecular weight is 367 g/mol. The molecule has 1 aromatic heterocycles. The number of aryl methyl sites for hydroxylation is 1. The van der Waals surface area contributed by atoms with Gasteiger partial charge in [-0.3, -0.25) is 9.52 Å². The number of nitrogens with zero attached hydrogens (tertiary/aromatic N) is 1. The summed E-state index contributed by atoms with van der Waals surface area (Å²) in [6, 6.07) is 6.52. The molecule has 0 saturated carbocycles. The summed E-state index contributed by atoms with van der Waals surface area (Å²) < 4.78 is 27.0. The van der Waals surface area contributed by atoms with Crippen molar-refractivity contribution in [1.82, 2.24) is 10.3 Å². The largest absolute Gasteiger partial charge is 0.351 e. The third kappa shape index (κ3) is 5.04. The maximum atomic E-state index is 12.3. The van der Waals surface area contributed by atoms with Crippen LogP contribution in [-0.2, 0) is 10.0 Å². The monoisotopic (exact) mass is 367 g/mol. The normalized spacial score (nSPS) is 11.2. The van der Waals surface area contributed by atoms with Gasteiger partial charge in [-0.25, -0.2) is 13.4 Å². The quantitative estimate of drug-likeness (QED) is 0.702. The van der Waals surface area contributed by atoms with E-state index in [0.717, 1.165) is 36.2 Å². The van der Waals surface area contributed by atoms with Crippen LogP contribution >= 0.6 is 11.3 Å². The van der Waals surface area contributed by atoms with Crippen molar-refractivity contribution in [2.75, 3.05) is 11.3 Å². The minimum Gasteiger partial charge on any atom is -0.351 e. The Morgan fingerprint density at radius 1 is 1.21 bits per heavy atom. The summed E-state index contributed by atoms with van der Waals surface area (Å²) in [6.45, 7) is 4.57. The van der Waals surface area contributed by atoms with E-state index in [4.69, 9.17) is 0 Å². The molecule has 2 aromatic rings. The molecule has 1 heterocycles. The Labute approximate surface area is 146 Å². The van der Waals surface area contributed by atoms with Gasteiger partial charge in [0.05, 0.1) is 4.90 Å². The van der Waals surface area contributed by atoms with Crippen LogP contribution in [0.4, 0.5) is 5.13 Å². The van der Waals surface area contributed by atoms with Crippen molar-refractivity contribution < 1.29 is 13.2 Å². The van der Waals surface area contributed by atoms with Crippen molar-refractivity contribution in [2.45, 2.75) is 38.0 Å². The van der Waals surface area contributed by atoms with Crippen molar-refractivity contribution in [2.24, 2.45) is 0 Å². The number of hydrogen-bond donors (Lipinski definition) is 2. The highest BCUT2D eigenvalue weighted by atomic mass is 32.2. The Kier molecular flexibility index (Phi) is 6.33. The summed E-state index contributed by atoms with van der Waals surface area (Å²) >= 11 is 1.08. The molecule has 0 bridgehead atoms. The van der Waals surface area contributed by atoms with Crippen molar-refractivity contribution >= 4 is 32.4 Å². The molecule has 0 saturated heterocycles. The molecule has 24 heavy (non-hydrogen) atoms. The molecule has 0 atom stereocenters. The van der Waals surface area contributed by atoms with Gasteiger partial charge in [0.2, 0.25) is 0 Å². The number of hydrogen-bond acceptors (Lipinski definition) is 5. The van der Waals surface area contributed by atoms with Crippen LogP contribution in [0.25, 0.3) is 0 Å². The zero-order valence-electron chi connectivity index (χ0n) is 13.7. The number of unbranched alkanes of at least 4 members (excludes halogenated alkanes) is 2. The van der Waals surface area contributed by atoms with E-state index < -0.39 is 10.0 Å². The average Bonchev–Trinajstić information content (AvgIpc) is 2.99. The van der Waals surface area contributed by atoms with Crippen molar-refractivity contribution in [3.63, 3.8) is 0 Å². The van der Waals surface area contributed by atoms with E-state index in [1.165, 1.54) is 12.1 Å².